The Hall–Kier alpha value is -0.850. The highest BCUT2D eigenvalue weighted by molar-refractivity contribution is 5.22. The zero-order chi connectivity index (χ0) is 8.27. The molecule has 0 fully saturated rings. The first-order valence-corrected chi connectivity index (χ1v) is 3.96. The average Bonchev–Trinajstić information content (AvgIpc) is 2.04. The number of pyridine rings is 1. The third-order valence-electron chi connectivity index (χ3n) is 1.98. The molecule has 0 amide bonds. The molecule has 1 rings (SSSR count). The van der Waals surface area contributed by atoms with E-state index >= 15 is 0 Å². The van der Waals surface area contributed by atoms with Gasteiger partial charge in [0.25, 0.3) is 0 Å². The summed E-state index contributed by atoms with van der Waals surface area (Å²) in [6, 6.07) is 4.07. The van der Waals surface area contributed by atoms with Gasteiger partial charge in [0, 0.05) is 17.8 Å². The molecule has 0 bridgehead atoms. The fraction of sp³-hybridized carbons (Fsp3) is 0.400. The topological polar surface area (TPSA) is 12.9 Å². The van der Waals surface area contributed by atoms with E-state index in [0.717, 1.165) is 0 Å². The molecule has 0 spiro atoms. The van der Waals surface area contributed by atoms with Gasteiger partial charge in [-0.3, -0.25) is 4.98 Å². The zero-order valence-electron chi connectivity index (χ0n) is 7.33. The maximum atomic E-state index is 4.32. The zero-order valence-corrected chi connectivity index (χ0v) is 7.33. The lowest BCUT2D eigenvalue weighted by molar-refractivity contribution is 0.831. The van der Waals surface area contributed by atoms with Gasteiger partial charge in [0.15, 0.2) is 0 Å². The van der Waals surface area contributed by atoms with Crippen LogP contribution in [0, 0.1) is 13.3 Å². The molecule has 11 heavy (non-hydrogen) atoms. The van der Waals surface area contributed by atoms with Crippen LogP contribution >= 0.6 is 0 Å². The highest BCUT2D eigenvalue weighted by atomic mass is 14.7. The van der Waals surface area contributed by atoms with Crippen molar-refractivity contribution >= 4 is 0 Å². The van der Waals surface area contributed by atoms with E-state index < -0.39 is 0 Å². The summed E-state index contributed by atoms with van der Waals surface area (Å²) in [6.07, 6.45) is 4.01. The van der Waals surface area contributed by atoms with Crippen LogP contribution in [0.3, 0.4) is 0 Å². The van der Waals surface area contributed by atoms with Crippen molar-refractivity contribution in [1.82, 2.24) is 4.98 Å². The van der Waals surface area contributed by atoms with E-state index in [4.69, 9.17) is 0 Å². The smallest absolute Gasteiger partial charge is 0.0463 e. The molecule has 1 aromatic heterocycles. The molecule has 0 N–H and O–H groups in total. The van der Waals surface area contributed by atoms with Gasteiger partial charge < -0.3 is 0 Å². The molecule has 0 aliphatic heterocycles. The molecular weight excluding hydrogens is 134 g/mol. The first-order valence-electron chi connectivity index (χ1n) is 3.96. The summed E-state index contributed by atoms with van der Waals surface area (Å²) in [4.78, 5) is 4.32. The molecule has 0 saturated carbocycles. The molecule has 0 aliphatic carbocycles. The standard InChI is InChI=1S/C10H14N/c1-4-8(2)10-9(3)6-5-7-11-10/h4-8H,1-3H3. The quantitative estimate of drug-likeness (QED) is 0.628. The molecule has 0 saturated heterocycles. The Balaban J connectivity index is 2.93. The van der Waals surface area contributed by atoms with Crippen molar-refractivity contribution in [2.45, 2.75) is 26.7 Å². The summed E-state index contributed by atoms with van der Waals surface area (Å²) in [5, 5.41) is 0. The average molecular weight is 148 g/mol. The van der Waals surface area contributed by atoms with Crippen LogP contribution in [0.2, 0.25) is 0 Å². The van der Waals surface area contributed by atoms with Crippen molar-refractivity contribution < 1.29 is 0 Å². The molecule has 1 heteroatoms. The highest BCUT2D eigenvalue weighted by Gasteiger charge is 2.05. The Morgan fingerprint density at radius 1 is 1.55 bits per heavy atom. The van der Waals surface area contributed by atoms with Crippen molar-refractivity contribution in [3.8, 4) is 0 Å². The van der Waals surface area contributed by atoms with Crippen molar-refractivity contribution in [1.29, 1.82) is 0 Å². The van der Waals surface area contributed by atoms with E-state index in [0.29, 0.717) is 5.92 Å². The number of aryl methyl sites for hydroxylation is 1. The van der Waals surface area contributed by atoms with E-state index in [9.17, 15) is 0 Å². The predicted octanol–water partition coefficient (Wildman–Crippen LogP) is 2.72. The fourth-order valence-electron chi connectivity index (χ4n) is 1.13. The second-order valence-corrected chi connectivity index (χ2v) is 2.83. The Labute approximate surface area is 68.5 Å². The Bertz CT molecular complexity index is 230. The minimum absolute atomic E-state index is 0.469. The van der Waals surface area contributed by atoms with Gasteiger partial charge in [-0.05, 0) is 25.0 Å². The van der Waals surface area contributed by atoms with E-state index in [1.165, 1.54) is 11.3 Å². The molecule has 1 aromatic rings. The van der Waals surface area contributed by atoms with Crippen LogP contribution in [-0.2, 0) is 0 Å². The number of rotatable bonds is 2. The van der Waals surface area contributed by atoms with Crippen molar-refractivity contribution in [3.63, 3.8) is 0 Å². The minimum atomic E-state index is 0.469. The molecule has 1 heterocycles. The van der Waals surface area contributed by atoms with Crippen molar-refractivity contribution in [2.24, 2.45) is 0 Å². The first kappa shape index (κ1) is 8.25. The minimum Gasteiger partial charge on any atom is -0.261 e. The van der Waals surface area contributed by atoms with E-state index in [1.807, 2.05) is 12.3 Å². The highest BCUT2D eigenvalue weighted by Crippen LogP contribution is 2.17. The monoisotopic (exact) mass is 148 g/mol. The normalized spacial score (nSPS) is 13.0. The summed E-state index contributed by atoms with van der Waals surface area (Å²) in [5.74, 6) is 0.469. The molecule has 1 nitrogen and oxygen atoms in total. The number of hydrogen-bond acceptors (Lipinski definition) is 1. The van der Waals surface area contributed by atoms with E-state index in [-0.39, 0.29) is 0 Å². The van der Waals surface area contributed by atoms with E-state index in [2.05, 4.69) is 38.2 Å². The van der Waals surface area contributed by atoms with Gasteiger partial charge in [-0.25, -0.2) is 0 Å². The Morgan fingerprint density at radius 3 is 2.82 bits per heavy atom. The Morgan fingerprint density at radius 2 is 2.27 bits per heavy atom. The summed E-state index contributed by atoms with van der Waals surface area (Å²) in [6.45, 7) is 6.33. The van der Waals surface area contributed by atoms with Gasteiger partial charge in [0.2, 0.25) is 0 Å². The molecule has 0 aliphatic rings. The van der Waals surface area contributed by atoms with Crippen molar-refractivity contribution in [2.75, 3.05) is 0 Å². The van der Waals surface area contributed by atoms with Crippen LogP contribution in [0.4, 0.5) is 0 Å². The van der Waals surface area contributed by atoms with E-state index in [1.54, 1.807) is 0 Å². The Kier molecular flexibility index (Phi) is 2.64. The van der Waals surface area contributed by atoms with Crippen LogP contribution in [0.15, 0.2) is 18.3 Å². The summed E-state index contributed by atoms with van der Waals surface area (Å²) in [5.41, 5.74) is 2.47. The number of hydrogen-bond donors (Lipinski definition) is 0. The lowest BCUT2D eigenvalue weighted by atomic mass is 10.0. The number of nitrogens with zero attached hydrogens (tertiary/aromatic N) is 1. The SMILES string of the molecule is C[CH]C(C)c1ncccc1C. The second-order valence-electron chi connectivity index (χ2n) is 2.83. The van der Waals surface area contributed by atoms with Gasteiger partial charge in [0.05, 0.1) is 0 Å². The molecule has 1 atom stereocenters. The molecule has 1 radical (unpaired) electrons. The summed E-state index contributed by atoms with van der Waals surface area (Å²) >= 11 is 0. The fourth-order valence-corrected chi connectivity index (χ4v) is 1.13. The first-order chi connectivity index (χ1) is 5.25. The maximum absolute atomic E-state index is 4.32. The molecule has 1 unspecified atom stereocenters. The third kappa shape index (κ3) is 1.79. The van der Waals surface area contributed by atoms with Gasteiger partial charge in [0.1, 0.15) is 0 Å². The van der Waals surface area contributed by atoms with Crippen LogP contribution in [0.25, 0.3) is 0 Å². The van der Waals surface area contributed by atoms with Gasteiger partial charge in [-0.1, -0.05) is 19.9 Å². The molecule has 59 valence electrons. The van der Waals surface area contributed by atoms with Crippen LogP contribution in [-0.4, -0.2) is 4.98 Å². The summed E-state index contributed by atoms with van der Waals surface area (Å²) < 4.78 is 0. The number of aromatic nitrogens is 1. The van der Waals surface area contributed by atoms with Gasteiger partial charge in [-0.15, -0.1) is 0 Å². The summed E-state index contributed by atoms with van der Waals surface area (Å²) in [7, 11) is 0. The largest absolute Gasteiger partial charge is 0.261 e. The van der Waals surface area contributed by atoms with Crippen LogP contribution < -0.4 is 0 Å². The third-order valence-corrected chi connectivity index (χ3v) is 1.98. The van der Waals surface area contributed by atoms with Crippen molar-refractivity contribution in [3.05, 3.63) is 36.0 Å². The van der Waals surface area contributed by atoms with Gasteiger partial charge >= 0.3 is 0 Å². The predicted molar refractivity (Wildman–Crippen MR) is 47.4 cm³/mol. The lowest BCUT2D eigenvalue weighted by Crippen LogP contribution is -1.98. The van der Waals surface area contributed by atoms with Crippen LogP contribution in [0.5, 0.6) is 0 Å². The molecular formula is C10H14N. The van der Waals surface area contributed by atoms with Crippen LogP contribution in [0.1, 0.15) is 31.0 Å². The second kappa shape index (κ2) is 3.51. The molecule has 0 aromatic carbocycles. The lowest BCUT2D eigenvalue weighted by Gasteiger charge is -2.09. The maximum Gasteiger partial charge on any atom is 0.0463 e. The van der Waals surface area contributed by atoms with Gasteiger partial charge in [-0.2, -0.15) is 0 Å².